The lowest BCUT2D eigenvalue weighted by Crippen LogP contribution is -2.41. The normalized spacial score (nSPS) is 16.5. The summed E-state index contributed by atoms with van der Waals surface area (Å²) in [6, 6.07) is 17.0. The van der Waals surface area contributed by atoms with Gasteiger partial charge in [0.2, 0.25) is 5.91 Å². The number of aliphatic hydroxyl groups is 1. The highest BCUT2D eigenvalue weighted by Crippen LogP contribution is 2.26. The number of carbonyl (C=O) groups is 1. The van der Waals surface area contributed by atoms with Crippen molar-refractivity contribution in [2.24, 2.45) is 0 Å². The molecule has 3 rings (SSSR count). The molecule has 2 N–H and O–H groups in total. The molecule has 1 amide bonds. The van der Waals surface area contributed by atoms with Crippen LogP contribution in [0, 0.1) is 0 Å². The second-order valence-electron chi connectivity index (χ2n) is 5.81. The first-order valence-corrected chi connectivity index (χ1v) is 9.31. The first-order valence-electron chi connectivity index (χ1n) is 8.15. The standard InChI is InChI=1S/C19H22N2O2S/c22-14-15-5-4-8-17(13-15)20-19(23)18(16-6-2-1-3-7-16)21-9-11-24-12-10-21/h1-8,13,18,22H,9-12,14H2,(H,20,23). The molecule has 0 bridgehead atoms. The average molecular weight is 342 g/mol. The summed E-state index contributed by atoms with van der Waals surface area (Å²) in [6.07, 6.45) is 0. The molecule has 1 atom stereocenters. The van der Waals surface area contributed by atoms with E-state index in [4.69, 9.17) is 0 Å². The molecule has 1 unspecified atom stereocenters. The minimum atomic E-state index is -0.287. The van der Waals surface area contributed by atoms with Gasteiger partial charge < -0.3 is 10.4 Å². The van der Waals surface area contributed by atoms with Gasteiger partial charge in [-0.3, -0.25) is 9.69 Å². The van der Waals surface area contributed by atoms with Crippen molar-refractivity contribution in [3.05, 3.63) is 65.7 Å². The fraction of sp³-hybridized carbons (Fsp3) is 0.316. The van der Waals surface area contributed by atoms with Crippen molar-refractivity contribution in [1.29, 1.82) is 0 Å². The molecule has 2 aromatic carbocycles. The third-order valence-corrected chi connectivity index (χ3v) is 5.09. The molecule has 1 aliphatic rings. The Balaban J connectivity index is 1.82. The molecule has 0 radical (unpaired) electrons. The Morgan fingerprint density at radius 3 is 2.58 bits per heavy atom. The molecule has 1 fully saturated rings. The fourth-order valence-electron chi connectivity index (χ4n) is 2.96. The molecule has 1 aliphatic heterocycles. The quantitative estimate of drug-likeness (QED) is 0.877. The average Bonchev–Trinajstić information content (AvgIpc) is 2.64. The van der Waals surface area contributed by atoms with E-state index in [1.165, 1.54) is 0 Å². The van der Waals surface area contributed by atoms with Crippen LogP contribution >= 0.6 is 11.8 Å². The highest BCUT2D eigenvalue weighted by Gasteiger charge is 2.28. The van der Waals surface area contributed by atoms with Gasteiger partial charge in [-0.05, 0) is 23.3 Å². The van der Waals surface area contributed by atoms with Crippen molar-refractivity contribution in [1.82, 2.24) is 4.90 Å². The highest BCUT2D eigenvalue weighted by atomic mass is 32.2. The van der Waals surface area contributed by atoms with Gasteiger partial charge in [-0.1, -0.05) is 42.5 Å². The summed E-state index contributed by atoms with van der Waals surface area (Å²) in [4.78, 5) is 15.2. The molecule has 24 heavy (non-hydrogen) atoms. The van der Waals surface area contributed by atoms with Gasteiger partial charge in [0, 0.05) is 30.3 Å². The van der Waals surface area contributed by atoms with Crippen LogP contribution < -0.4 is 5.32 Å². The third-order valence-electron chi connectivity index (χ3n) is 4.15. The fourth-order valence-corrected chi connectivity index (χ4v) is 3.89. The number of amides is 1. The number of hydrogen-bond acceptors (Lipinski definition) is 4. The first-order chi connectivity index (χ1) is 11.8. The number of hydrogen-bond donors (Lipinski definition) is 2. The molecule has 0 spiro atoms. The Bertz CT molecular complexity index is 672. The van der Waals surface area contributed by atoms with Gasteiger partial charge >= 0.3 is 0 Å². The molecule has 5 heteroatoms. The predicted octanol–water partition coefficient (Wildman–Crippen LogP) is 2.91. The lowest BCUT2D eigenvalue weighted by molar-refractivity contribution is -0.121. The van der Waals surface area contributed by atoms with Crippen LogP contribution in [0.4, 0.5) is 5.69 Å². The number of aliphatic hydroxyl groups excluding tert-OH is 1. The maximum Gasteiger partial charge on any atom is 0.246 e. The highest BCUT2D eigenvalue weighted by molar-refractivity contribution is 7.99. The third kappa shape index (κ3) is 4.17. The van der Waals surface area contributed by atoms with E-state index in [0.717, 1.165) is 41.4 Å². The zero-order valence-corrected chi connectivity index (χ0v) is 14.3. The number of thioether (sulfide) groups is 1. The van der Waals surface area contributed by atoms with Crippen molar-refractivity contribution in [3.63, 3.8) is 0 Å². The van der Waals surface area contributed by atoms with E-state index < -0.39 is 0 Å². The van der Waals surface area contributed by atoms with E-state index in [0.29, 0.717) is 0 Å². The SMILES string of the molecule is O=C(Nc1cccc(CO)c1)C(c1ccccc1)N1CCSCC1. The monoisotopic (exact) mass is 342 g/mol. The first kappa shape index (κ1) is 17.0. The topological polar surface area (TPSA) is 52.6 Å². The van der Waals surface area contributed by atoms with Gasteiger partial charge in [-0.15, -0.1) is 0 Å². The molecule has 0 aliphatic carbocycles. The number of nitrogens with one attached hydrogen (secondary N) is 1. The van der Waals surface area contributed by atoms with Crippen LogP contribution in [0.5, 0.6) is 0 Å². The smallest absolute Gasteiger partial charge is 0.246 e. The van der Waals surface area contributed by atoms with E-state index in [1.807, 2.05) is 66.4 Å². The van der Waals surface area contributed by atoms with Gasteiger partial charge in [0.25, 0.3) is 0 Å². The molecule has 1 saturated heterocycles. The molecular formula is C19H22N2O2S. The second-order valence-corrected chi connectivity index (χ2v) is 7.03. The number of carbonyl (C=O) groups excluding carboxylic acids is 1. The summed E-state index contributed by atoms with van der Waals surface area (Å²) >= 11 is 1.93. The Hall–Kier alpha value is -1.82. The van der Waals surface area contributed by atoms with Crippen molar-refractivity contribution in [2.75, 3.05) is 29.9 Å². The van der Waals surface area contributed by atoms with E-state index >= 15 is 0 Å². The predicted molar refractivity (Wildman–Crippen MR) is 99.1 cm³/mol. The molecule has 126 valence electrons. The van der Waals surface area contributed by atoms with Crippen LogP contribution in [0.2, 0.25) is 0 Å². The molecule has 2 aromatic rings. The van der Waals surface area contributed by atoms with Gasteiger partial charge in [-0.25, -0.2) is 0 Å². The van der Waals surface area contributed by atoms with Gasteiger partial charge in [0.1, 0.15) is 6.04 Å². The van der Waals surface area contributed by atoms with E-state index in [2.05, 4.69) is 10.2 Å². The number of rotatable bonds is 5. The maximum absolute atomic E-state index is 13.0. The van der Waals surface area contributed by atoms with E-state index in [1.54, 1.807) is 0 Å². The minimum Gasteiger partial charge on any atom is -0.392 e. The van der Waals surface area contributed by atoms with Crippen LogP contribution in [-0.4, -0.2) is 40.5 Å². The molecule has 1 heterocycles. The number of nitrogens with zero attached hydrogens (tertiary/aromatic N) is 1. The number of benzene rings is 2. The summed E-state index contributed by atoms with van der Waals surface area (Å²) in [6.45, 7) is 1.79. The summed E-state index contributed by atoms with van der Waals surface area (Å²) < 4.78 is 0. The largest absolute Gasteiger partial charge is 0.392 e. The lowest BCUT2D eigenvalue weighted by atomic mass is 10.0. The Kier molecular flexibility index (Phi) is 5.91. The van der Waals surface area contributed by atoms with E-state index in [9.17, 15) is 9.90 Å². The zero-order valence-electron chi connectivity index (χ0n) is 13.5. The molecule has 0 aromatic heterocycles. The van der Waals surface area contributed by atoms with Crippen LogP contribution in [0.25, 0.3) is 0 Å². The zero-order chi connectivity index (χ0) is 16.8. The summed E-state index contributed by atoms with van der Waals surface area (Å²) in [5, 5.41) is 12.3. The Labute approximate surface area is 146 Å². The molecular weight excluding hydrogens is 320 g/mol. The van der Waals surface area contributed by atoms with Gasteiger partial charge in [0.15, 0.2) is 0 Å². The summed E-state index contributed by atoms with van der Waals surface area (Å²) in [5.74, 6) is 2.08. The van der Waals surface area contributed by atoms with Gasteiger partial charge in [-0.2, -0.15) is 11.8 Å². The Morgan fingerprint density at radius 1 is 1.12 bits per heavy atom. The second kappa shape index (κ2) is 8.33. The maximum atomic E-state index is 13.0. The summed E-state index contributed by atoms with van der Waals surface area (Å²) in [5.41, 5.74) is 2.53. The van der Waals surface area contributed by atoms with Crippen molar-refractivity contribution in [2.45, 2.75) is 12.6 Å². The van der Waals surface area contributed by atoms with Crippen molar-refractivity contribution < 1.29 is 9.90 Å². The van der Waals surface area contributed by atoms with Crippen molar-refractivity contribution >= 4 is 23.4 Å². The van der Waals surface area contributed by atoms with Crippen LogP contribution in [0.3, 0.4) is 0 Å². The number of anilines is 1. The van der Waals surface area contributed by atoms with Crippen molar-refractivity contribution in [3.8, 4) is 0 Å². The summed E-state index contributed by atoms with van der Waals surface area (Å²) in [7, 11) is 0. The Morgan fingerprint density at radius 2 is 1.88 bits per heavy atom. The van der Waals surface area contributed by atoms with E-state index in [-0.39, 0.29) is 18.6 Å². The minimum absolute atomic E-state index is 0.0248. The molecule has 0 saturated carbocycles. The van der Waals surface area contributed by atoms with Gasteiger partial charge in [0.05, 0.1) is 6.61 Å². The van der Waals surface area contributed by atoms with Crippen LogP contribution in [0.1, 0.15) is 17.2 Å². The lowest BCUT2D eigenvalue weighted by Gasteiger charge is -2.33. The van der Waals surface area contributed by atoms with Crippen LogP contribution in [0.15, 0.2) is 54.6 Å². The molecule has 4 nitrogen and oxygen atoms in total. The van der Waals surface area contributed by atoms with Crippen LogP contribution in [-0.2, 0) is 11.4 Å².